The summed E-state index contributed by atoms with van der Waals surface area (Å²) in [5.74, 6) is -0.383. The van der Waals surface area contributed by atoms with E-state index in [9.17, 15) is 4.79 Å². The fraction of sp³-hybridized carbons (Fsp3) is 0.300. The van der Waals surface area contributed by atoms with Crippen molar-refractivity contribution in [2.45, 2.75) is 12.5 Å². The average Bonchev–Trinajstić information content (AvgIpc) is 2.19. The molecule has 6 heteroatoms. The number of benzene rings is 1. The van der Waals surface area contributed by atoms with E-state index in [1.165, 1.54) is 7.11 Å². The lowest BCUT2D eigenvalue weighted by molar-refractivity contribution is -0.137. The third kappa shape index (κ3) is 3.10. The molecular weight excluding hydrogens is 297 g/mol. The van der Waals surface area contributed by atoms with Crippen LogP contribution < -0.4 is 10.5 Å². The van der Waals surface area contributed by atoms with Gasteiger partial charge in [0.1, 0.15) is 5.75 Å². The number of carboxylic acid groups (broad SMARTS) is 1. The molecule has 0 radical (unpaired) electrons. The molecule has 0 spiro atoms. The summed E-state index contributed by atoms with van der Waals surface area (Å²) in [7, 11) is 1.52. The Balaban J connectivity index is 3.05. The van der Waals surface area contributed by atoms with Crippen molar-refractivity contribution in [2.24, 2.45) is 5.73 Å². The summed E-state index contributed by atoms with van der Waals surface area (Å²) in [5, 5.41) is 9.04. The molecule has 0 amide bonds. The molecule has 1 aromatic rings. The van der Waals surface area contributed by atoms with E-state index < -0.39 is 12.0 Å². The van der Waals surface area contributed by atoms with E-state index in [-0.39, 0.29) is 6.42 Å². The van der Waals surface area contributed by atoms with Crippen molar-refractivity contribution in [1.29, 1.82) is 0 Å². The van der Waals surface area contributed by atoms with E-state index in [0.29, 0.717) is 20.8 Å². The van der Waals surface area contributed by atoms with Crippen molar-refractivity contribution in [2.75, 3.05) is 7.11 Å². The highest BCUT2D eigenvalue weighted by Crippen LogP contribution is 2.34. The Morgan fingerprint density at radius 3 is 2.81 bits per heavy atom. The molecule has 88 valence electrons. The van der Waals surface area contributed by atoms with Crippen LogP contribution in [-0.4, -0.2) is 18.2 Å². The quantitative estimate of drug-likeness (QED) is 0.896. The molecule has 0 bridgehead atoms. The van der Waals surface area contributed by atoms with Crippen molar-refractivity contribution in [1.82, 2.24) is 0 Å². The molecule has 1 rings (SSSR count). The van der Waals surface area contributed by atoms with Crippen LogP contribution in [0.3, 0.4) is 0 Å². The topological polar surface area (TPSA) is 72.5 Å². The predicted octanol–water partition coefficient (Wildman–Crippen LogP) is 2.59. The summed E-state index contributed by atoms with van der Waals surface area (Å²) < 4.78 is 5.74. The van der Waals surface area contributed by atoms with Gasteiger partial charge in [-0.15, -0.1) is 0 Å². The number of carbonyl (C=O) groups is 1. The van der Waals surface area contributed by atoms with Crippen molar-refractivity contribution in [3.05, 3.63) is 27.2 Å². The number of methoxy groups -OCH3 is 1. The first-order valence-corrected chi connectivity index (χ1v) is 5.63. The Kier molecular flexibility index (Phi) is 4.58. The molecule has 16 heavy (non-hydrogen) atoms. The maximum atomic E-state index is 10.5. The molecule has 4 nitrogen and oxygen atoms in total. The van der Waals surface area contributed by atoms with Crippen molar-refractivity contribution < 1.29 is 14.6 Å². The average molecular weight is 309 g/mol. The predicted molar refractivity (Wildman–Crippen MR) is 64.9 cm³/mol. The lowest BCUT2D eigenvalue weighted by Gasteiger charge is -2.13. The maximum absolute atomic E-state index is 10.5. The van der Waals surface area contributed by atoms with Crippen LogP contribution in [-0.2, 0) is 4.79 Å². The minimum Gasteiger partial charge on any atom is -0.496 e. The Morgan fingerprint density at radius 1 is 1.69 bits per heavy atom. The molecule has 1 atom stereocenters. The van der Waals surface area contributed by atoms with E-state index in [1.807, 2.05) is 0 Å². The minimum atomic E-state index is -0.962. The highest BCUT2D eigenvalue weighted by atomic mass is 79.9. The molecule has 0 aliphatic carbocycles. The van der Waals surface area contributed by atoms with E-state index >= 15 is 0 Å². The van der Waals surface area contributed by atoms with Crippen molar-refractivity contribution in [3.63, 3.8) is 0 Å². The lowest BCUT2D eigenvalue weighted by atomic mass is 10.0. The van der Waals surface area contributed by atoms with Gasteiger partial charge >= 0.3 is 5.97 Å². The molecule has 0 aliphatic rings. The van der Waals surface area contributed by atoms with Gasteiger partial charge in [-0.05, 0) is 27.6 Å². The van der Waals surface area contributed by atoms with Gasteiger partial charge in [0.05, 0.1) is 18.0 Å². The smallest absolute Gasteiger partial charge is 0.305 e. The third-order valence-corrected chi connectivity index (χ3v) is 3.01. The summed E-state index contributed by atoms with van der Waals surface area (Å²) in [4.78, 5) is 10.5. The number of carboxylic acids is 1. The Labute approximate surface area is 106 Å². The summed E-state index contributed by atoms with van der Waals surface area (Å²) in [6, 6.07) is 2.64. The van der Waals surface area contributed by atoms with Crippen LogP contribution in [0.25, 0.3) is 0 Å². The number of nitrogens with two attached hydrogens (primary N) is 1. The maximum Gasteiger partial charge on any atom is 0.305 e. The molecule has 1 aromatic carbocycles. The minimum absolute atomic E-state index is 0.168. The van der Waals surface area contributed by atoms with E-state index in [1.54, 1.807) is 12.1 Å². The Morgan fingerprint density at radius 2 is 2.31 bits per heavy atom. The first kappa shape index (κ1) is 13.3. The SMILES string of the molecule is COc1cc(Cl)c(C(N)CC(=O)O)cc1Br. The third-order valence-electron chi connectivity index (χ3n) is 2.07. The van der Waals surface area contributed by atoms with Gasteiger partial charge in [0.15, 0.2) is 0 Å². The van der Waals surface area contributed by atoms with E-state index in [4.69, 9.17) is 27.2 Å². The molecule has 0 fully saturated rings. The Hall–Kier alpha value is -0.780. The van der Waals surface area contributed by atoms with Crippen LogP contribution in [0.5, 0.6) is 5.75 Å². The standard InChI is InChI=1S/C10H11BrClNO3/c1-16-9-3-7(12)5(2-6(9)11)8(13)4-10(14)15/h2-3,8H,4,13H2,1H3,(H,14,15). The molecule has 0 heterocycles. The zero-order valence-electron chi connectivity index (χ0n) is 8.54. The molecule has 0 saturated heterocycles. The fourth-order valence-electron chi connectivity index (χ4n) is 1.28. The molecule has 1 unspecified atom stereocenters. The van der Waals surface area contributed by atoms with Gasteiger partial charge in [-0.3, -0.25) is 4.79 Å². The van der Waals surface area contributed by atoms with Crippen molar-refractivity contribution >= 4 is 33.5 Å². The molecule has 0 saturated carbocycles. The molecule has 0 aromatic heterocycles. The first-order chi connectivity index (χ1) is 7.45. The number of hydrogen-bond donors (Lipinski definition) is 2. The summed E-state index contributed by atoms with van der Waals surface area (Å²) in [6.07, 6.45) is -0.168. The second-order valence-electron chi connectivity index (χ2n) is 3.21. The monoisotopic (exact) mass is 307 g/mol. The summed E-state index contributed by atoms with van der Waals surface area (Å²) in [6.45, 7) is 0. The molecular formula is C10H11BrClNO3. The largest absolute Gasteiger partial charge is 0.496 e. The molecule has 0 aliphatic heterocycles. The highest BCUT2D eigenvalue weighted by molar-refractivity contribution is 9.10. The fourth-order valence-corrected chi connectivity index (χ4v) is 2.10. The van der Waals surface area contributed by atoms with E-state index in [2.05, 4.69) is 15.9 Å². The van der Waals surface area contributed by atoms with Crippen molar-refractivity contribution in [3.8, 4) is 5.75 Å². The van der Waals surface area contributed by atoms with Gasteiger partial charge in [0.2, 0.25) is 0 Å². The number of rotatable bonds is 4. The number of aliphatic carboxylic acids is 1. The Bertz CT molecular complexity index is 411. The second-order valence-corrected chi connectivity index (χ2v) is 4.47. The first-order valence-electron chi connectivity index (χ1n) is 4.46. The number of halogens is 2. The van der Waals surface area contributed by atoms with Crippen LogP contribution >= 0.6 is 27.5 Å². The van der Waals surface area contributed by atoms with Gasteiger partial charge in [-0.25, -0.2) is 0 Å². The highest BCUT2D eigenvalue weighted by Gasteiger charge is 2.16. The zero-order chi connectivity index (χ0) is 12.3. The van der Waals surface area contributed by atoms with Gasteiger partial charge in [-0.1, -0.05) is 11.6 Å². The van der Waals surface area contributed by atoms with Gasteiger partial charge in [0.25, 0.3) is 0 Å². The van der Waals surface area contributed by atoms with Crippen LogP contribution in [0.4, 0.5) is 0 Å². The van der Waals surface area contributed by atoms with Gasteiger partial charge in [-0.2, -0.15) is 0 Å². The summed E-state index contributed by atoms with van der Waals surface area (Å²) >= 11 is 9.27. The normalized spacial score (nSPS) is 12.2. The lowest BCUT2D eigenvalue weighted by Crippen LogP contribution is -2.15. The summed E-state index contributed by atoms with van der Waals surface area (Å²) in [5.41, 5.74) is 6.31. The molecule has 3 N–H and O–H groups in total. The van der Waals surface area contributed by atoms with Crippen LogP contribution in [0.15, 0.2) is 16.6 Å². The number of hydrogen-bond acceptors (Lipinski definition) is 3. The van der Waals surface area contributed by atoms with Crippen LogP contribution in [0, 0.1) is 0 Å². The van der Waals surface area contributed by atoms with E-state index in [0.717, 1.165) is 0 Å². The zero-order valence-corrected chi connectivity index (χ0v) is 10.9. The van der Waals surface area contributed by atoms with Gasteiger partial charge in [0, 0.05) is 17.1 Å². The van der Waals surface area contributed by atoms with Gasteiger partial charge < -0.3 is 15.6 Å². The van der Waals surface area contributed by atoms with Crippen LogP contribution in [0.1, 0.15) is 18.0 Å². The second kappa shape index (κ2) is 5.52. The van der Waals surface area contributed by atoms with Crippen LogP contribution in [0.2, 0.25) is 5.02 Å². The number of ether oxygens (including phenoxy) is 1.